The largest absolute Gasteiger partial charge is 0.309 e. The van der Waals surface area contributed by atoms with Gasteiger partial charge in [-0.1, -0.05) is 120 Å². The molecule has 0 N–H and O–H groups in total. The molecule has 0 aliphatic carbocycles. The summed E-state index contributed by atoms with van der Waals surface area (Å²) in [4.78, 5) is 0. The van der Waals surface area contributed by atoms with Crippen LogP contribution in [0.4, 0.5) is 0 Å². The molecule has 17 aromatic rings. The van der Waals surface area contributed by atoms with Crippen LogP contribution in [0.3, 0.4) is 0 Å². The molecule has 0 unspecified atom stereocenters. The highest BCUT2D eigenvalue weighted by atomic mass is 15.0. The first-order valence-corrected chi connectivity index (χ1v) is 29.1. The molecule has 0 radical (unpaired) electrons. The molecule has 0 atom stereocenters. The van der Waals surface area contributed by atoms with Gasteiger partial charge in [0.05, 0.1) is 90.7 Å². The van der Waals surface area contributed by atoms with Crippen molar-refractivity contribution >= 4 is 132 Å². The van der Waals surface area contributed by atoms with Crippen molar-refractivity contribution in [2.24, 2.45) is 0 Å². The molecule has 0 spiro atoms. The standard InChI is InChI=1S/C78H39BN8/c80-40-44-20-28-48(29-21-44)84-66-16-5-3-12-54(66)60-38-64-70-62(75(60)84)36-58-52-10-1-7-18-68(52)86(50-32-24-46(42-82)25-33-50)77(58)72(70)56-14-9-15-57-73-71-63(37-59-53-11-2-8-19-69(53)87(78(59)73)51-34-26-47(43-83)27-35-51)76-61(39-65(71)79(64)74(56)57)55-13-4-6-17-67(55)85(76)49-30-22-45(41-81)23-31-49/h1-39H. The molecular formula is C78H39BN8. The van der Waals surface area contributed by atoms with E-state index in [0.29, 0.717) is 22.3 Å². The zero-order chi connectivity index (χ0) is 57.5. The van der Waals surface area contributed by atoms with Crippen LogP contribution in [0, 0.1) is 45.3 Å². The Morgan fingerprint density at radius 3 is 0.862 bits per heavy atom. The predicted molar refractivity (Wildman–Crippen MR) is 353 cm³/mol. The fourth-order valence-corrected chi connectivity index (χ4v) is 15.6. The van der Waals surface area contributed by atoms with Crippen LogP contribution in [0.2, 0.25) is 0 Å². The summed E-state index contributed by atoms with van der Waals surface area (Å²) in [5.74, 6) is 0. The van der Waals surface area contributed by atoms with Crippen molar-refractivity contribution in [3.63, 3.8) is 0 Å². The molecule has 2 aliphatic rings. The normalized spacial score (nSPS) is 12.3. The third kappa shape index (κ3) is 6.06. The first kappa shape index (κ1) is 47.1. The zero-order valence-corrected chi connectivity index (χ0v) is 46.2. The molecule has 0 saturated heterocycles. The van der Waals surface area contributed by atoms with Crippen LogP contribution in [-0.2, 0) is 0 Å². The number of benzene rings is 13. The van der Waals surface area contributed by atoms with Gasteiger partial charge >= 0.3 is 0 Å². The Bertz CT molecular complexity index is 5830. The SMILES string of the molecule is N#Cc1ccc(-n2c3ccccc3c3cc4c5c(cc6c7ccccc7n(-c7ccc(C#N)cc7)c46)B4c6c(cccc6-c6c7c4cc4c8ccccc8n(-c8ccc(C#N)cc8)c4c7cc4c7ccccc7n(-c7ccc(C#N)cc7)c64)-c5c32)cc1. The number of rotatable bonds is 4. The van der Waals surface area contributed by atoms with E-state index in [9.17, 15) is 21.0 Å². The van der Waals surface area contributed by atoms with Gasteiger partial charge in [-0.2, -0.15) is 21.0 Å². The summed E-state index contributed by atoms with van der Waals surface area (Å²) in [6, 6.07) is 93.2. The Balaban J connectivity index is 1.07. The molecular weight excluding hydrogens is 1060 g/mol. The molecule has 6 heterocycles. The highest BCUT2D eigenvalue weighted by Crippen LogP contribution is 2.52. The first-order chi connectivity index (χ1) is 43.0. The number of fused-ring (bicyclic) bond motifs is 20. The number of hydrogen-bond donors (Lipinski definition) is 0. The molecule has 87 heavy (non-hydrogen) atoms. The Labute approximate surface area is 496 Å². The zero-order valence-electron chi connectivity index (χ0n) is 46.2. The van der Waals surface area contributed by atoms with E-state index < -0.39 is 0 Å². The lowest BCUT2D eigenvalue weighted by molar-refractivity contribution is 1.18. The highest BCUT2D eigenvalue weighted by molar-refractivity contribution is 7.02. The predicted octanol–water partition coefficient (Wildman–Crippen LogP) is 16.3. The lowest BCUT2D eigenvalue weighted by atomic mass is 9.31. The summed E-state index contributed by atoms with van der Waals surface area (Å²) in [6.45, 7) is -0.264. The smallest absolute Gasteiger partial charge is 0.244 e. The van der Waals surface area contributed by atoms with Gasteiger partial charge in [-0.25, -0.2) is 0 Å². The lowest BCUT2D eigenvalue weighted by Gasteiger charge is -2.35. The van der Waals surface area contributed by atoms with Crippen LogP contribution in [0.25, 0.3) is 154 Å². The Morgan fingerprint density at radius 1 is 0.264 bits per heavy atom. The van der Waals surface area contributed by atoms with E-state index >= 15 is 0 Å². The van der Waals surface area contributed by atoms with Gasteiger partial charge in [0.2, 0.25) is 6.71 Å². The van der Waals surface area contributed by atoms with Gasteiger partial charge in [0.1, 0.15) is 0 Å². The van der Waals surface area contributed by atoms with E-state index in [1.165, 1.54) is 27.2 Å². The van der Waals surface area contributed by atoms with Gasteiger partial charge in [0.25, 0.3) is 0 Å². The molecule has 394 valence electrons. The van der Waals surface area contributed by atoms with E-state index in [4.69, 9.17) is 0 Å². The minimum absolute atomic E-state index is 0.264. The molecule has 2 aliphatic heterocycles. The van der Waals surface area contributed by atoms with Crippen LogP contribution >= 0.6 is 0 Å². The minimum Gasteiger partial charge on any atom is -0.309 e. The van der Waals surface area contributed by atoms with Gasteiger partial charge < -0.3 is 18.3 Å². The van der Waals surface area contributed by atoms with Crippen molar-refractivity contribution in [3.05, 3.63) is 259 Å². The fraction of sp³-hybridized carbons (Fsp3) is 0. The second kappa shape index (κ2) is 17.1. The van der Waals surface area contributed by atoms with Crippen molar-refractivity contribution in [1.29, 1.82) is 21.0 Å². The number of aromatic nitrogens is 4. The van der Waals surface area contributed by atoms with E-state index in [-0.39, 0.29) is 6.71 Å². The Morgan fingerprint density at radius 2 is 0.552 bits per heavy atom. The van der Waals surface area contributed by atoms with E-state index in [1.807, 2.05) is 48.5 Å². The summed E-state index contributed by atoms with van der Waals surface area (Å²) >= 11 is 0. The molecule has 13 aromatic carbocycles. The van der Waals surface area contributed by atoms with Crippen LogP contribution < -0.4 is 16.4 Å². The number of nitriles is 4. The first-order valence-electron chi connectivity index (χ1n) is 29.1. The summed E-state index contributed by atoms with van der Waals surface area (Å²) in [5.41, 5.74) is 23.1. The minimum atomic E-state index is -0.264. The molecule has 0 saturated carbocycles. The average Bonchev–Trinajstić information content (AvgIpc) is 1.66. The molecule has 0 bridgehead atoms. The molecule has 19 rings (SSSR count). The van der Waals surface area contributed by atoms with Gasteiger partial charge in [-0.3, -0.25) is 0 Å². The number of hydrogen-bond acceptors (Lipinski definition) is 4. The van der Waals surface area contributed by atoms with Crippen molar-refractivity contribution in [3.8, 4) is 69.3 Å². The number of para-hydroxylation sites is 4. The van der Waals surface area contributed by atoms with E-state index in [0.717, 1.165) is 143 Å². The van der Waals surface area contributed by atoms with Crippen LogP contribution in [-0.4, -0.2) is 25.0 Å². The topological polar surface area (TPSA) is 115 Å². The van der Waals surface area contributed by atoms with Crippen molar-refractivity contribution in [2.75, 3.05) is 0 Å². The average molecular weight is 1100 g/mol. The maximum atomic E-state index is 10.1. The fourth-order valence-electron chi connectivity index (χ4n) is 15.6. The van der Waals surface area contributed by atoms with Crippen LogP contribution in [0.1, 0.15) is 22.3 Å². The number of nitrogens with zero attached hydrogens (tertiary/aromatic N) is 8. The Hall–Kier alpha value is -12.4. The quantitative estimate of drug-likeness (QED) is 0.163. The maximum Gasteiger partial charge on any atom is 0.244 e. The van der Waals surface area contributed by atoms with Gasteiger partial charge in [-0.05, 0) is 155 Å². The summed E-state index contributed by atoms with van der Waals surface area (Å²) < 4.78 is 9.65. The third-order valence-corrected chi connectivity index (χ3v) is 19.0. The second-order valence-corrected chi connectivity index (χ2v) is 23.1. The lowest BCUT2D eigenvalue weighted by Crippen LogP contribution is -2.57. The molecule has 4 aromatic heterocycles. The summed E-state index contributed by atoms with van der Waals surface area (Å²) in [5, 5.41) is 53.9. The van der Waals surface area contributed by atoms with Crippen molar-refractivity contribution in [1.82, 2.24) is 18.3 Å². The van der Waals surface area contributed by atoms with Crippen LogP contribution in [0.15, 0.2) is 237 Å². The van der Waals surface area contributed by atoms with E-state index in [2.05, 4.69) is 231 Å². The maximum absolute atomic E-state index is 10.1. The van der Waals surface area contributed by atoms with Crippen molar-refractivity contribution in [2.45, 2.75) is 0 Å². The van der Waals surface area contributed by atoms with Gasteiger partial charge in [-0.15, -0.1) is 0 Å². The third-order valence-electron chi connectivity index (χ3n) is 19.0. The van der Waals surface area contributed by atoms with E-state index in [1.54, 1.807) is 0 Å². The molecule has 9 heteroatoms. The van der Waals surface area contributed by atoms with Gasteiger partial charge in [0, 0.05) is 87.7 Å². The van der Waals surface area contributed by atoms with Crippen LogP contribution in [0.5, 0.6) is 0 Å². The molecule has 0 amide bonds. The Kier molecular flexibility index (Phi) is 9.27. The second-order valence-electron chi connectivity index (χ2n) is 23.1. The monoisotopic (exact) mass is 1100 g/mol. The van der Waals surface area contributed by atoms with Crippen molar-refractivity contribution < 1.29 is 0 Å². The molecule has 8 nitrogen and oxygen atoms in total. The van der Waals surface area contributed by atoms with Gasteiger partial charge in [0.15, 0.2) is 0 Å². The molecule has 0 fully saturated rings. The summed E-state index contributed by atoms with van der Waals surface area (Å²) in [7, 11) is 0. The summed E-state index contributed by atoms with van der Waals surface area (Å²) in [6.07, 6.45) is 0. The highest BCUT2D eigenvalue weighted by Gasteiger charge is 2.43.